The molecule has 0 unspecified atom stereocenters. The van der Waals surface area contributed by atoms with E-state index in [1.165, 1.54) is 6.33 Å². The average Bonchev–Trinajstić information content (AvgIpc) is 3.12. The van der Waals surface area contributed by atoms with Gasteiger partial charge in [-0.15, -0.1) is 0 Å². The minimum atomic E-state index is -0.369. The molecule has 9 heteroatoms. The maximum Gasteiger partial charge on any atom is 0.171 e. The number of hydrogen-bond donors (Lipinski definition) is 3. The normalized spacial score (nSPS) is 12.0. The molecule has 1 aromatic carbocycles. The molecule has 0 bridgehead atoms. The zero-order valence-electron chi connectivity index (χ0n) is 17.7. The summed E-state index contributed by atoms with van der Waals surface area (Å²) in [6.45, 7) is 7.62. The van der Waals surface area contributed by atoms with Gasteiger partial charge in [-0.3, -0.25) is 0 Å². The number of rotatable bonds is 4. The quantitative estimate of drug-likeness (QED) is 0.462. The summed E-state index contributed by atoms with van der Waals surface area (Å²) in [6.07, 6.45) is 3.19. The van der Waals surface area contributed by atoms with Gasteiger partial charge in [0.1, 0.15) is 35.3 Å². The SMILES string of the molecule is Cc1cc(-c2nc([C@H](C)Nc3ncnc(N)c3C#N)nn3ccc(C)c23)cc(C)c1O. The second-order valence-electron chi connectivity index (χ2n) is 7.53. The van der Waals surface area contributed by atoms with Crippen LogP contribution in [0.3, 0.4) is 0 Å². The van der Waals surface area contributed by atoms with Gasteiger partial charge in [-0.1, -0.05) is 0 Å². The first kappa shape index (κ1) is 20.1. The van der Waals surface area contributed by atoms with E-state index in [2.05, 4.69) is 20.4 Å². The Morgan fingerprint density at radius 2 is 1.87 bits per heavy atom. The zero-order valence-corrected chi connectivity index (χ0v) is 17.7. The molecule has 4 rings (SSSR count). The van der Waals surface area contributed by atoms with Gasteiger partial charge >= 0.3 is 0 Å². The highest BCUT2D eigenvalue weighted by molar-refractivity contribution is 5.80. The average molecular weight is 414 g/mol. The largest absolute Gasteiger partial charge is 0.507 e. The number of fused-ring (bicyclic) bond motifs is 1. The van der Waals surface area contributed by atoms with E-state index in [-0.39, 0.29) is 23.2 Å². The van der Waals surface area contributed by atoms with Gasteiger partial charge in [0.05, 0.1) is 17.3 Å². The lowest BCUT2D eigenvalue weighted by Crippen LogP contribution is -2.16. The van der Waals surface area contributed by atoms with E-state index in [1.807, 2.05) is 58.2 Å². The highest BCUT2D eigenvalue weighted by atomic mass is 16.3. The Labute approximate surface area is 179 Å². The van der Waals surface area contributed by atoms with Crippen molar-refractivity contribution in [2.24, 2.45) is 0 Å². The van der Waals surface area contributed by atoms with Crippen molar-refractivity contribution >= 4 is 17.2 Å². The molecule has 1 atom stereocenters. The van der Waals surface area contributed by atoms with Gasteiger partial charge < -0.3 is 16.2 Å². The van der Waals surface area contributed by atoms with Crippen molar-refractivity contribution in [1.82, 2.24) is 24.6 Å². The molecule has 9 nitrogen and oxygen atoms in total. The van der Waals surface area contributed by atoms with Crippen LogP contribution in [0.2, 0.25) is 0 Å². The fourth-order valence-corrected chi connectivity index (χ4v) is 3.56. The monoisotopic (exact) mass is 414 g/mol. The van der Waals surface area contributed by atoms with Crippen molar-refractivity contribution in [2.45, 2.75) is 33.7 Å². The lowest BCUT2D eigenvalue weighted by molar-refractivity contribution is 0.467. The number of nitriles is 1. The van der Waals surface area contributed by atoms with Gasteiger partial charge in [0.25, 0.3) is 0 Å². The van der Waals surface area contributed by atoms with Crippen LogP contribution in [0.5, 0.6) is 5.75 Å². The first-order chi connectivity index (χ1) is 14.8. The first-order valence-electron chi connectivity index (χ1n) is 9.73. The molecule has 3 aromatic heterocycles. The van der Waals surface area contributed by atoms with Gasteiger partial charge in [-0.05, 0) is 62.6 Å². The summed E-state index contributed by atoms with van der Waals surface area (Å²) in [5.41, 5.74) is 11.1. The highest BCUT2D eigenvalue weighted by Gasteiger charge is 2.19. The Balaban J connectivity index is 1.84. The van der Waals surface area contributed by atoms with E-state index in [0.717, 1.165) is 33.5 Å². The molecule has 0 saturated carbocycles. The van der Waals surface area contributed by atoms with Crippen LogP contribution >= 0.6 is 0 Å². The molecule has 31 heavy (non-hydrogen) atoms. The summed E-state index contributed by atoms with van der Waals surface area (Å²) in [5, 5.41) is 27.4. The van der Waals surface area contributed by atoms with E-state index < -0.39 is 0 Å². The van der Waals surface area contributed by atoms with Crippen LogP contribution in [0.25, 0.3) is 16.8 Å². The van der Waals surface area contributed by atoms with Gasteiger partial charge in [0.2, 0.25) is 0 Å². The van der Waals surface area contributed by atoms with Crippen molar-refractivity contribution < 1.29 is 5.11 Å². The first-order valence-corrected chi connectivity index (χ1v) is 9.73. The number of nitrogen functional groups attached to an aromatic ring is 1. The van der Waals surface area contributed by atoms with E-state index in [4.69, 9.17) is 10.7 Å². The zero-order chi connectivity index (χ0) is 22.3. The summed E-state index contributed by atoms with van der Waals surface area (Å²) < 4.78 is 1.79. The van der Waals surface area contributed by atoms with E-state index in [1.54, 1.807) is 4.52 Å². The van der Waals surface area contributed by atoms with Crippen LogP contribution in [0.15, 0.2) is 30.7 Å². The summed E-state index contributed by atoms with van der Waals surface area (Å²) in [6, 6.07) is 7.47. The molecular formula is C22H22N8O. The Hall–Kier alpha value is -4.19. The van der Waals surface area contributed by atoms with Crippen molar-refractivity contribution in [3.63, 3.8) is 0 Å². The van der Waals surface area contributed by atoms with Crippen LogP contribution in [0, 0.1) is 32.1 Å². The Bertz CT molecular complexity index is 1330. The van der Waals surface area contributed by atoms with Crippen molar-refractivity contribution in [2.75, 3.05) is 11.1 Å². The van der Waals surface area contributed by atoms with E-state index in [0.29, 0.717) is 11.6 Å². The van der Waals surface area contributed by atoms with E-state index in [9.17, 15) is 10.4 Å². The van der Waals surface area contributed by atoms with Gasteiger partial charge in [-0.25, -0.2) is 19.5 Å². The molecular weight excluding hydrogens is 392 g/mol. The predicted octanol–water partition coefficient (Wildman–Crippen LogP) is 3.44. The number of aryl methyl sites for hydroxylation is 3. The lowest BCUT2D eigenvalue weighted by Gasteiger charge is -2.17. The van der Waals surface area contributed by atoms with E-state index >= 15 is 0 Å². The Kier molecular flexibility index (Phi) is 4.91. The molecule has 0 spiro atoms. The molecule has 0 saturated heterocycles. The third-order valence-electron chi connectivity index (χ3n) is 5.22. The number of hydrogen-bond acceptors (Lipinski definition) is 8. The third-order valence-corrected chi connectivity index (χ3v) is 5.22. The number of nitrogens with one attached hydrogen (secondary N) is 1. The molecule has 0 amide bonds. The number of anilines is 2. The van der Waals surface area contributed by atoms with Crippen LogP contribution in [-0.4, -0.2) is 29.7 Å². The van der Waals surface area contributed by atoms with Gasteiger partial charge in [-0.2, -0.15) is 10.4 Å². The minimum Gasteiger partial charge on any atom is -0.507 e. The Morgan fingerprint density at radius 3 is 2.55 bits per heavy atom. The van der Waals surface area contributed by atoms with Crippen molar-refractivity contribution in [1.29, 1.82) is 5.26 Å². The smallest absolute Gasteiger partial charge is 0.171 e. The minimum absolute atomic E-state index is 0.111. The standard InChI is InChI=1S/C22H22N8O/c1-11-5-6-30-18(11)17(15-7-12(2)19(31)13(3)8-15)28-21(29-30)14(4)27-22-16(9-23)20(24)25-10-26-22/h5-8,10,14,31H,1-4H3,(H3,24,25,26,27)/t14-/m0/s1. The molecule has 156 valence electrons. The van der Waals surface area contributed by atoms with Crippen LogP contribution < -0.4 is 11.1 Å². The topological polar surface area (TPSA) is 138 Å². The van der Waals surface area contributed by atoms with Gasteiger partial charge in [0, 0.05) is 11.8 Å². The van der Waals surface area contributed by atoms with Crippen LogP contribution in [0.4, 0.5) is 11.6 Å². The fourth-order valence-electron chi connectivity index (χ4n) is 3.56. The number of aromatic hydroxyl groups is 1. The van der Waals surface area contributed by atoms with Gasteiger partial charge in [0.15, 0.2) is 5.82 Å². The predicted molar refractivity (Wildman–Crippen MR) is 117 cm³/mol. The van der Waals surface area contributed by atoms with Crippen LogP contribution in [-0.2, 0) is 0 Å². The molecule has 0 aliphatic carbocycles. The maximum absolute atomic E-state index is 10.2. The Morgan fingerprint density at radius 1 is 1.16 bits per heavy atom. The number of nitrogens with zero attached hydrogens (tertiary/aromatic N) is 6. The second kappa shape index (κ2) is 7.57. The summed E-state index contributed by atoms with van der Waals surface area (Å²) in [5.74, 6) is 1.23. The number of nitrogens with two attached hydrogens (primary N) is 1. The van der Waals surface area contributed by atoms with Crippen molar-refractivity contribution in [3.8, 4) is 23.1 Å². The number of phenolic OH excluding ortho intramolecular Hbond substituents is 1. The summed E-state index contributed by atoms with van der Waals surface area (Å²) in [4.78, 5) is 12.9. The number of phenols is 1. The molecule has 4 N–H and O–H groups in total. The second-order valence-corrected chi connectivity index (χ2v) is 7.53. The van der Waals surface area contributed by atoms with Crippen molar-refractivity contribution in [3.05, 3.63) is 58.8 Å². The molecule has 4 aromatic rings. The summed E-state index contributed by atoms with van der Waals surface area (Å²) >= 11 is 0. The molecule has 0 radical (unpaired) electrons. The lowest BCUT2D eigenvalue weighted by atomic mass is 10.0. The molecule has 0 aliphatic heterocycles. The fraction of sp³-hybridized carbons (Fsp3) is 0.227. The summed E-state index contributed by atoms with van der Waals surface area (Å²) in [7, 11) is 0. The molecule has 3 heterocycles. The van der Waals surface area contributed by atoms with Crippen LogP contribution in [0.1, 0.15) is 41.0 Å². The molecule has 0 fully saturated rings. The molecule has 0 aliphatic rings. The highest BCUT2D eigenvalue weighted by Crippen LogP contribution is 2.32. The third kappa shape index (κ3) is 3.48. The maximum atomic E-state index is 10.2. The number of aromatic nitrogens is 5. The number of benzene rings is 1.